The van der Waals surface area contributed by atoms with Crippen molar-refractivity contribution in [2.45, 2.75) is 32.9 Å². The van der Waals surface area contributed by atoms with Crippen molar-refractivity contribution in [3.63, 3.8) is 0 Å². The van der Waals surface area contributed by atoms with Crippen molar-refractivity contribution in [3.8, 4) is 0 Å². The lowest BCUT2D eigenvalue weighted by Crippen LogP contribution is -2.54. The largest absolute Gasteiger partial charge is 0.388 e. The zero-order valence-corrected chi connectivity index (χ0v) is 12.0. The van der Waals surface area contributed by atoms with Crippen molar-refractivity contribution in [1.29, 1.82) is 0 Å². The van der Waals surface area contributed by atoms with Gasteiger partial charge >= 0.3 is 0 Å². The molecule has 0 aromatic heterocycles. The van der Waals surface area contributed by atoms with Gasteiger partial charge in [0.15, 0.2) is 0 Å². The van der Waals surface area contributed by atoms with E-state index in [1.807, 2.05) is 7.05 Å². The van der Waals surface area contributed by atoms with Crippen LogP contribution in [0, 0.1) is 0 Å². The van der Waals surface area contributed by atoms with Crippen LogP contribution in [0.1, 0.15) is 20.8 Å². The average molecular weight is 247 g/mol. The molecule has 1 atom stereocenters. The number of hydrogen-bond acceptors (Lipinski definition) is 3. The minimum absolute atomic E-state index is 0.622. The Kier molecular flexibility index (Phi) is 4.12. The summed E-state index contributed by atoms with van der Waals surface area (Å²) >= 11 is 0. The van der Waals surface area contributed by atoms with E-state index < -0.39 is 0 Å². The van der Waals surface area contributed by atoms with Gasteiger partial charge in [-0.2, -0.15) is 0 Å². The van der Waals surface area contributed by atoms with Crippen LogP contribution in [-0.2, 0) is 0 Å². The Hall–Kier alpha value is -1.22. The molecular weight excluding hydrogens is 222 g/mol. The van der Waals surface area contributed by atoms with Crippen molar-refractivity contribution in [3.05, 3.63) is 24.3 Å². The molecule has 1 aliphatic rings. The fourth-order valence-corrected chi connectivity index (χ4v) is 2.83. The Balaban J connectivity index is 2.07. The highest BCUT2D eigenvalue weighted by Gasteiger charge is 2.25. The number of nitrogens with one attached hydrogen (secondary N) is 1. The summed E-state index contributed by atoms with van der Waals surface area (Å²) < 4.78 is 0. The first-order valence-electron chi connectivity index (χ1n) is 6.90. The SMILES string of the molecule is CNc1cccc(N2CCN(C(C)C)C(C)C2)c1. The molecule has 1 aliphatic heterocycles. The molecule has 1 heterocycles. The van der Waals surface area contributed by atoms with Crippen LogP contribution >= 0.6 is 0 Å². The van der Waals surface area contributed by atoms with Crippen LogP contribution in [0.2, 0.25) is 0 Å². The van der Waals surface area contributed by atoms with Gasteiger partial charge in [-0.3, -0.25) is 4.90 Å². The van der Waals surface area contributed by atoms with E-state index in [2.05, 4.69) is 60.2 Å². The van der Waals surface area contributed by atoms with Crippen LogP contribution < -0.4 is 10.2 Å². The maximum Gasteiger partial charge on any atom is 0.0387 e. The number of rotatable bonds is 3. The van der Waals surface area contributed by atoms with Crippen molar-refractivity contribution in [2.75, 3.05) is 36.9 Å². The molecule has 0 spiro atoms. The molecule has 1 aromatic rings. The number of benzene rings is 1. The van der Waals surface area contributed by atoms with Gasteiger partial charge in [0.1, 0.15) is 0 Å². The van der Waals surface area contributed by atoms with Gasteiger partial charge < -0.3 is 10.2 Å². The van der Waals surface area contributed by atoms with E-state index in [1.165, 1.54) is 11.4 Å². The van der Waals surface area contributed by atoms with Gasteiger partial charge in [-0.15, -0.1) is 0 Å². The third-order valence-electron chi connectivity index (χ3n) is 3.84. The molecule has 1 aromatic carbocycles. The van der Waals surface area contributed by atoms with Crippen molar-refractivity contribution in [1.82, 2.24) is 4.90 Å². The zero-order valence-electron chi connectivity index (χ0n) is 12.0. The molecule has 3 nitrogen and oxygen atoms in total. The van der Waals surface area contributed by atoms with Gasteiger partial charge in [0.05, 0.1) is 0 Å². The van der Waals surface area contributed by atoms with Crippen LogP contribution in [0.15, 0.2) is 24.3 Å². The molecule has 1 N–H and O–H groups in total. The zero-order chi connectivity index (χ0) is 13.1. The summed E-state index contributed by atoms with van der Waals surface area (Å²) in [7, 11) is 1.97. The van der Waals surface area contributed by atoms with E-state index in [1.54, 1.807) is 0 Å². The van der Waals surface area contributed by atoms with Crippen molar-refractivity contribution >= 4 is 11.4 Å². The molecule has 0 bridgehead atoms. The van der Waals surface area contributed by atoms with Crippen LogP contribution in [-0.4, -0.2) is 43.7 Å². The second-order valence-corrected chi connectivity index (χ2v) is 5.43. The summed E-state index contributed by atoms with van der Waals surface area (Å²) in [5, 5.41) is 3.21. The van der Waals surface area contributed by atoms with E-state index in [4.69, 9.17) is 0 Å². The molecule has 18 heavy (non-hydrogen) atoms. The number of anilines is 2. The molecule has 2 rings (SSSR count). The summed E-state index contributed by atoms with van der Waals surface area (Å²) in [4.78, 5) is 5.07. The molecule has 0 saturated carbocycles. The molecule has 0 radical (unpaired) electrons. The third kappa shape index (κ3) is 2.78. The summed E-state index contributed by atoms with van der Waals surface area (Å²) in [6.07, 6.45) is 0. The first-order chi connectivity index (χ1) is 8.61. The van der Waals surface area contributed by atoms with Crippen molar-refractivity contribution in [2.24, 2.45) is 0 Å². The standard InChI is InChI=1S/C15H25N3/c1-12(2)18-9-8-17(11-13(18)3)15-7-5-6-14(10-15)16-4/h5-7,10,12-13,16H,8-9,11H2,1-4H3. The highest BCUT2D eigenvalue weighted by Crippen LogP contribution is 2.23. The molecule has 3 heteroatoms. The van der Waals surface area contributed by atoms with E-state index in [-0.39, 0.29) is 0 Å². The van der Waals surface area contributed by atoms with Crippen LogP contribution in [0.5, 0.6) is 0 Å². The first-order valence-corrected chi connectivity index (χ1v) is 6.90. The highest BCUT2D eigenvalue weighted by molar-refractivity contribution is 5.58. The lowest BCUT2D eigenvalue weighted by molar-refractivity contribution is 0.148. The van der Waals surface area contributed by atoms with Gasteiger partial charge in [0.25, 0.3) is 0 Å². The lowest BCUT2D eigenvalue weighted by atomic mass is 10.1. The number of nitrogens with zero attached hydrogens (tertiary/aromatic N) is 2. The Morgan fingerprint density at radius 2 is 2.06 bits per heavy atom. The number of piperazine rings is 1. The van der Waals surface area contributed by atoms with Gasteiger partial charge in [-0.05, 0) is 39.0 Å². The monoisotopic (exact) mass is 247 g/mol. The van der Waals surface area contributed by atoms with Gasteiger partial charge in [0, 0.05) is 50.1 Å². The summed E-state index contributed by atoms with van der Waals surface area (Å²) in [5.41, 5.74) is 2.52. The van der Waals surface area contributed by atoms with Gasteiger partial charge in [0.2, 0.25) is 0 Å². The van der Waals surface area contributed by atoms with Gasteiger partial charge in [-0.25, -0.2) is 0 Å². The highest BCUT2D eigenvalue weighted by atomic mass is 15.3. The van der Waals surface area contributed by atoms with Crippen LogP contribution in [0.4, 0.5) is 11.4 Å². The minimum Gasteiger partial charge on any atom is -0.388 e. The summed E-state index contributed by atoms with van der Waals surface area (Å²) in [5.74, 6) is 0. The molecule has 0 amide bonds. The fraction of sp³-hybridized carbons (Fsp3) is 0.600. The van der Waals surface area contributed by atoms with Crippen LogP contribution in [0.25, 0.3) is 0 Å². The van der Waals surface area contributed by atoms with E-state index >= 15 is 0 Å². The van der Waals surface area contributed by atoms with E-state index in [0.717, 1.165) is 19.6 Å². The maximum absolute atomic E-state index is 3.21. The van der Waals surface area contributed by atoms with Crippen LogP contribution in [0.3, 0.4) is 0 Å². The molecule has 1 saturated heterocycles. The third-order valence-corrected chi connectivity index (χ3v) is 3.84. The predicted octanol–water partition coefficient (Wildman–Crippen LogP) is 2.65. The molecule has 100 valence electrons. The lowest BCUT2D eigenvalue weighted by Gasteiger charge is -2.43. The molecular formula is C15H25N3. The number of hydrogen-bond donors (Lipinski definition) is 1. The van der Waals surface area contributed by atoms with Gasteiger partial charge in [-0.1, -0.05) is 6.07 Å². The smallest absolute Gasteiger partial charge is 0.0387 e. The quantitative estimate of drug-likeness (QED) is 0.886. The maximum atomic E-state index is 3.21. The Labute approximate surface area is 111 Å². The second-order valence-electron chi connectivity index (χ2n) is 5.43. The normalized spacial score (nSPS) is 21.4. The average Bonchev–Trinajstić information content (AvgIpc) is 2.38. The summed E-state index contributed by atoms with van der Waals surface area (Å²) in [6, 6.07) is 9.94. The van der Waals surface area contributed by atoms with E-state index in [9.17, 15) is 0 Å². The molecule has 1 unspecified atom stereocenters. The first kappa shape index (κ1) is 13.2. The summed E-state index contributed by atoms with van der Waals surface area (Å²) in [6.45, 7) is 10.3. The Morgan fingerprint density at radius 1 is 1.28 bits per heavy atom. The second kappa shape index (κ2) is 5.61. The molecule has 0 aliphatic carbocycles. The topological polar surface area (TPSA) is 18.5 Å². The minimum atomic E-state index is 0.622. The molecule has 1 fully saturated rings. The Morgan fingerprint density at radius 3 is 2.67 bits per heavy atom. The van der Waals surface area contributed by atoms with E-state index in [0.29, 0.717) is 12.1 Å². The Bertz CT molecular complexity index is 389. The van der Waals surface area contributed by atoms with Crippen molar-refractivity contribution < 1.29 is 0 Å². The predicted molar refractivity (Wildman–Crippen MR) is 79.5 cm³/mol. The fourth-order valence-electron chi connectivity index (χ4n) is 2.83.